The smallest absolute Gasteiger partial charge is 0.0581 e. The van der Waals surface area contributed by atoms with Crippen molar-refractivity contribution < 1.29 is 0 Å². The lowest BCUT2D eigenvalue weighted by molar-refractivity contribution is 0.600. The van der Waals surface area contributed by atoms with Crippen molar-refractivity contribution in [3.05, 3.63) is 53.7 Å². The Morgan fingerprint density at radius 1 is 1.27 bits per heavy atom. The van der Waals surface area contributed by atoms with E-state index in [2.05, 4.69) is 54.4 Å². The number of hydrogen-bond acceptors (Lipinski definition) is 1. The van der Waals surface area contributed by atoms with Crippen LogP contribution in [0.5, 0.6) is 0 Å². The molecule has 0 saturated carbocycles. The highest BCUT2D eigenvalue weighted by Gasteiger charge is 2.32. The lowest BCUT2D eigenvalue weighted by Gasteiger charge is -2.32. The van der Waals surface area contributed by atoms with E-state index in [4.69, 9.17) is 0 Å². The van der Waals surface area contributed by atoms with Crippen molar-refractivity contribution in [2.24, 2.45) is 10.4 Å². The molecule has 0 amide bonds. The number of aliphatic imine (C=N–C) groups is 1. The first-order valence-corrected chi connectivity index (χ1v) is 5.31. The van der Waals surface area contributed by atoms with Crippen molar-refractivity contribution in [1.29, 1.82) is 0 Å². The van der Waals surface area contributed by atoms with E-state index < -0.39 is 0 Å². The molecule has 1 unspecified atom stereocenters. The van der Waals surface area contributed by atoms with Crippen LogP contribution in [0.25, 0.3) is 6.08 Å². The number of hydrogen-bond donors (Lipinski definition) is 0. The summed E-state index contributed by atoms with van der Waals surface area (Å²) in [6, 6.07) is 8.46. The van der Waals surface area contributed by atoms with Gasteiger partial charge in [0.05, 0.1) is 5.71 Å². The van der Waals surface area contributed by atoms with Crippen LogP contribution in [0.3, 0.4) is 0 Å². The van der Waals surface area contributed by atoms with Gasteiger partial charge in [0.15, 0.2) is 0 Å². The van der Waals surface area contributed by atoms with Crippen molar-refractivity contribution in [2.75, 3.05) is 0 Å². The Kier molecular flexibility index (Phi) is 1.69. The first-order chi connectivity index (χ1) is 7.30. The molecule has 0 saturated heterocycles. The molecular weight excluding hydrogens is 182 g/mol. The van der Waals surface area contributed by atoms with E-state index in [0.717, 1.165) is 6.42 Å². The van der Waals surface area contributed by atoms with Crippen LogP contribution in [0.4, 0.5) is 0 Å². The van der Waals surface area contributed by atoms with Crippen LogP contribution in [0.1, 0.15) is 24.5 Å². The lowest BCUT2D eigenvalue weighted by Crippen LogP contribution is -2.30. The van der Waals surface area contributed by atoms with Gasteiger partial charge >= 0.3 is 0 Å². The quantitative estimate of drug-likeness (QED) is 0.601. The molecule has 1 atom stereocenters. The molecule has 1 heterocycles. The summed E-state index contributed by atoms with van der Waals surface area (Å²) in [5, 5.41) is 0. The fourth-order valence-corrected chi connectivity index (χ4v) is 2.32. The molecule has 1 aliphatic carbocycles. The molecule has 1 aromatic rings. The molecule has 0 fully saturated rings. The molecule has 1 heteroatoms. The molecular formula is C14H13N. The SMILES string of the molecule is CC12C=Cc3ccccc3C1=NC=CC2. The zero-order valence-electron chi connectivity index (χ0n) is 8.77. The molecule has 2 aliphatic rings. The second-order valence-electron chi connectivity index (χ2n) is 4.40. The lowest BCUT2D eigenvalue weighted by atomic mass is 9.73. The standard InChI is InChI=1S/C14H13N/c1-14-8-4-10-15-13(14)12-6-3-2-5-11(12)7-9-14/h2-7,9-10H,8H2,1H3. The number of nitrogens with zero attached hydrogens (tertiary/aromatic N) is 1. The van der Waals surface area contributed by atoms with Crippen molar-refractivity contribution in [2.45, 2.75) is 13.3 Å². The minimum atomic E-state index is 0.100. The molecule has 15 heavy (non-hydrogen) atoms. The molecule has 0 aromatic heterocycles. The summed E-state index contributed by atoms with van der Waals surface area (Å²) < 4.78 is 0. The van der Waals surface area contributed by atoms with Crippen LogP contribution in [0.15, 0.2) is 47.6 Å². The molecule has 1 aromatic carbocycles. The molecule has 1 aliphatic heterocycles. The molecule has 1 nitrogen and oxygen atoms in total. The molecule has 0 N–H and O–H groups in total. The fraction of sp³-hybridized carbons (Fsp3) is 0.214. The Bertz CT molecular complexity index is 494. The number of allylic oxidation sites excluding steroid dienone is 2. The zero-order chi connectivity index (χ0) is 10.3. The average Bonchev–Trinajstić information content (AvgIpc) is 2.28. The van der Waals surface area contributed by atoms with Gasteiger partial charge in [-0.15, -0.1) is 0 Å². The van der Waals surface area contributed by atoms with Gasteiger partial charge in [-0.25, -0.2) is 0 Å². The van der Waals surface area contributed by atoms with Gasteiger partial charge in [0.1, 0.15) is 0 Å². The maximum atomic E-state index is 4.55. The van der Waals surface area contributed by atoms with Crippen molar-refractivity contribution in [3.8, 4) is 0 Å². The summed E-state index contributed by atoms with van der Waals surface area (Å²) in [4.78, 5) is 4.55. The van der Waals surface area contributed by atoms with Crippen LogP contribution in [0, 0.1) is 5.41 Å². The largest absolute Gasteiger partial charge is 0.260 e. The van der Waals surface area contributed by atoms with Crippen molar-refractivity contribution in [1.82, 2.24) is 0 Å². The van der Waals surface area contributed by atoms with E-state index in [9.17, 15) is 0 Å². The molecule has 0 spiro atoms. The first-order valence-electron chi connectivity index (χ1n) is 5.31. The van der Waals surface area contributed by atoms with E-state index in [1.165, 1.54) is 16.8 Å². The van der Waals surface area contributed by atoms with Gasteiger partial charge in [0, 0.05) is 17.2 Å². The number of rotatable bonds is 0. The summed E-state index contributed by atoms with van der Waals surface area (Å²) >= 11 is 0. The summed E-state index contributed by atoms with van der Waals surface area (Å²) in [5.74, 6) is 0. The predicted molar refractivity (Wildman–Crippen MR) is 63.9 cm³/mol. The number of fused-ring (bicyclic) bond motifs is 3. The Balaban J connectivity index is 2.26. The maximum absolute atomic E-state index is 4.55. The Hall–Kier alpha value is -1.63. The summed E-state index contributed by atoms with van der Waals surface area (Å²) in [7, 11) is 0. The molecule has 3 rings (SSSR count). The Morgan fingerprint density at radius 3 is 3.07 bits per heavy atom. The molecule has 74 valence electrons. The van der Waals surface area contributed by atoms with Gasteiger partial charge in [-0.1, -0.05) is 49.4 Å². The van der Waals surface area contributed by atoms with Crippen molar-refractivity contribution >= 4 is 11.8 Å². The van der Waals surface area contributed by atoms with Crippen LogP contribution in [-0.4, -0.2) is 5.71 Å². The van der Waals surface area contributed by atoms with E-state index >= 15 is 0 Å². The van der Waals surface area contributed by atoms with Crippen LogP contribution >= 0.6 is 0 Å². The minimum Gasteiger partial charge on any atom is -0.260 e. The molecule has 0 radical (unpaired) electrons. The second kappa shape index (κ2) is 2.93. The normalized spacial score (nSPS) is 26.9. The zero-order valence-corrected chi connectivity index (χ0v) is 8.77. The summed E-state index contributed by atoms with van der Waals surface area (Å²) in [6.07, 6.45) is 9.61. The van der Waals surface area contributed by atoms with Gasteiger partial charge in [-0.2, -0.15) is 0 Å². The first kappa shape index (κ1) is 8.66. The third-order valence-electron chi connectivity index (χ3n) is 3.24. The van der Waals surface area contributed by atoms with Gasteiger partial charge in [-0.3, -0.25) is 4.99 Å². The monoisotopic (exact) mass is 195 g/mol. The fourth-order valence-electron chi connectivity index (χ4n) is 2.32. The van der Waals surface area contributed by atoms with Gasteiger partial charge < -0.3 is 0 Å². The van der Waals surface area contributed by atoms with Gasteiger partial charge in [0.2, 0.25) is 0 Å². The van der Waals surface area contributed by atoms with Crippen LogP contribution < -0.4 is 0 Å². The third kappa shape index (κ3) is 1.19. The summed E-state index contributed by atoms with van der Waals surface area (Å²) in [5.41, 5.74) is 3.88. The topological polar surface area (TPSA) is 12.4 Å². The third-order valence-corrected chi connectivity index (χ3v) is 3.24. The Labute approximate surface area is 89.9 Å². The van der Waals surface area contributed by atoms with E-state index in [1.807, 2.05) is 6.20 Å². The van der Waals surface area contributed by atoms with E-state index in [0.29, 0.717) is 0 Å². The van der Waals surface area contributed by atoms with Gasteiger partial charge in [0.25, 0.3) is 0 Å². The summed E-state index contributed by atoms with van der Waals surface area (Å²) in [6.45, 7) is 2.25. The second-order valence-corrected chi connectivity index (χ2v) is 4.40. The van der Waals surface area contributed by atoms with Gasteiger partial charge in [-0.05, 0) is 12.0 Å². The highest BCUT2D eigenvalue weighted by Crippen LogP contribution is 2.37. The van der Waals surface area contributed by atoms with Crippen LogP contribution in [0.2, 0.25) is 0 Å². The van der Waals surface area contributed by atoms with E-state index in [1.54, 1.807) is 0 Å². The minimum absolute atomic E-state index is 0.100. The maximum Gasteiger partial charge on any atom is 0.0581 e. The van der Waals surface area contributed by atoms with E-state index in [-0.39, 0.29) is 5.41 Å². The molecule has 0 bridgehead atoms. The highest BCUT2D eigenvalue weighted by molar-refractivity contribution is 6.11. The predicted octanol–water partition coefficient (Wildman–Crippen LogP) is 3.43. The van der Waals surface area contributed by atoms with Crippen LogP contribution in [-0.2, 0) is 0 Å². The highest BCUT2D eigenvalue weighted by atomic mass is 14.7. The average molecular weight is 195 g/mol. The number of benzene rings is 1. The Morgan fingerprint density at radius 2 is 2.13 bits per heavy atom. The van der Waals surface area contributed by atoms with Crippen molar-refractivity contribution in [3.63, 3.8) is 0 Å².